The molecule has 5 heteroatoms. The van der Waals surface area contributed by atoms with Gasteiger partial charge in [0.1, 0.15) is 6.10 Å². The quantitative estimate of drug-likeness (QED) is 0.755. The number of nitrogens with two attached hydrogens (primary N) is 1. The van der Waals surface area contributed by atoms with Crippen LogP contribution in [0.4, 0.5) is 11.4 Å². The van der Waals surface area contributed by atoms with Gasteiger partial charge in [-0.25, -0.2) is 0 Å². The number of anilines is 2. The Kier molecular flexibility index (Phi) is 5.30. The zero-order valence-corrected chi connectivity index (χ0v) is 17.9. The minimum absolute atomic E-state index is 0.0720. The number of ether oxygens (including phenoxy) is 1. The van der Waals surface area contributed by atoms with E-state index < -0.39 is 0 Å². The molecule has 3 fully saturated rings. The van der Waals surface area contributed by atoms with Crippen molar-refractivity contribution in [2.75, 3.05) is 4.90 Å². The zero-order valence-electron chi connectivity index (χ0n) is 17.9. The number of esters is 1. The topological polar surface area (TPSA) is 72.6 Å². The molecule has 2 aromatic carbocycles. The number of nitrogens with zero attached hydrogens (tertiary/aromatic N) is 1. The van der Waals surface area contributed by atoms with Crippen molar-refractivity contribution >= 4 is 23.3 Å². The minimum Gasteiger partial charge on any atom is -0.462 e. The van der Waals surface area contributed by atoms with E-state index in [2.05, 4.69) is 0 Å². The van der Waals surface area contributed by atoms with Gasteiger partial charge in [-0.3, -0.25) is 14.5 Å². The van der Waals surface area contributed by atoms with Crippen molar-refractivity contribution in [1.82, 2.24) is 0 Å². The Morgan fingerprint density at radius 3 is 2.19 bits per heavy atom. The van der Waals surface area contributed by atoms with E-state index in [4.69, 9.17) is 10.5 Å². The van der Waals surface area contributed by atoms with Gasteiger partial charge in [0.2, 0.25) is 5.91 Å². The number of amides is 1. The molecular formula is C26H30N2O3. The number of hydrogen-bond acceptors (Lipinski definition) is 4. The molecule has 2 aliphatic carbocycles. The fourth-order valence-corrected chi connectivity index (χ4v) is 6.36. The summed E-state index contributed by atoms with van der Waals surface area (Å²) in [6, 6.07) is 19.8. The maximum Gasteiger partial charge on any atom is 0.309 e. The molecule has 162 valence electrons. The Balaban J connectivity index is 1.58. The third kappa shape index (κ3) is 3.55. The van der Waals surface area contributed by atoms with Gasteiger partial charge in [0.25, 0.3) is 0 Å². The highest BCUT2D eigenvalue weighted by molar-refractivity contribution is 6.02. The summed E-state index contributed by atoms with van der Waals surface area (Å²) in [6.45, 7) is 1.95. The van der Waals surface area contributed by atoms with Gasteiger partial charge in [0.15, 0.2) is 0 Å². The fourth-order valence-electron chi connectivity index (χ4n) is 6.36. The lowest BCUT2D eigenvalue weighted by Crippen LogP contribution is -2.52. The molecule has 1 saturated heterocycles. The Hall–Kier alpha value is -2.66. The fraction of sp³-hybridized carbons (Fsp3) is 0.462. The number of rotatable bonds is 3. The van der Waals surface area contributed by atoms with Crippen LogP contribution in [0.5, 0.6) is 0 Å². The van der Waals surface area contributed by atoms with Crippen molar-refractivity contribution in [3.63, 3.8) is 0 Å². The van der Waals surface area contributed by atoms with Gasteiger partial charge in [-0.15, -0.1) is 0 Å². The van der Waals surface area contributed by atoms with Crippen LogP contribution in [0.2, 0.25) is 0 Å². The van der Waals surface area contributed by atoms with Gasteiger partial charge in [0, 0.05) is 29.3 Å². The van der Waals surface area contributed by atoms with E-state index in [1.807, 2.05) is 72.5 Å². The number of benzene rings is 2. The first-order valence-electron chi connectivity index (χ1n) is 11.4. The second kappa shape index (κ2) is 8.12. The molecule has 2 saturated carbocycles. The summed E-state index contributed by atoms with van der Waals surface area (Å²) < 4.78 is 5.67. The Labute approximate surface area is 183 Å². The highest BCUT2D eigenvalue weighted by Gasteiger charge is 2.58. The molecule has 3 aliphatic rings. The summed E-state index contributed by atoms with van der Waals surface area (Å²) in [5, 5.41) is 0. The van der Waals surface area contributed by atoms with E-state index in [1.165, 1.54) is 0 Å². The summed E-state index contributed by atoms with van der Waals surface area (Å²) >= 11 is 0. The average Bonchev–Trinajstić information content (AvgIpc) is 3.06. The number of carbonyl (C=O) groups excluding carboxylic acids is 2. The van der Waals surface area contributed by atoms with Crippen LogP contribution in [-0.2, 0) is 14.3 Å². The Morgan fingerprint density at radius 1 is 0.968 bits per heavy atom. The lowest BCUT2D eigenvalue weighted by Gasteiger charge is -2.48. The summed E-state index contributed by atoms with van der Waals surface area (Å²) in [5.41, 5.74) is 7.99. The van der Waals surface area contributed by atoms with E-state index in [9.17, 15) is 9.59 Å². The molecule has 1 heterocycles. The van der Waals surface area contributed by atoms with Gasteiger partial charge in [-0.2, -0.15) is 0 Å². The first-order chi connectivity index (χ1) is 15.0. The van der Waals surface area contributed by atoms with Crippen molar-refractivity contribution in [2.45, 2.75) is 44.8 Å². The van der Waals surface area contributed by atoms with E-state index in [0.29, 0.717) is 5.92 Å². The predicted molar refractivity (Wildman–Crippen MR) is 119 cm³/mol. The summed E-state index contributed by atoms with van der Waals surface area (Å²) in [5.74, 6) is -0.0697. The molecule has 5 nitrogen and oxygen atoms in total. The van der Waals surface area contributed by atoms with Crippen LogP contribution < -0.4 is 10.6 Å². The van der Waals surface area contributed by atoms with E-state index in [-0.39, 0.29) is 47.7 Å². The number of fused-ring (bicyclic) bond motifs is 2. The third-order valence-corrected chi connectivity index (χ3v) is 7.66. The second-order valence-electron chi connectivity index (χ2n) is 9.43. The number of para-hydroxylation sites is 2. The second-order valence-corrected chi connectivity index (χ2v) is 9.43. The molecule has 31 heavy (non-hydrogen) atoms. The van der Waals surface area contributed by atoms with Crippen molar-refractivity contribution in [1.29, 1.82) is 0 Å². The van der Waals surface area contributed by atoms with Crippen LogP contribution in [0.25, 0.3) is 0 Å². The van der Waals surface area contributed by atoms with Crippen molar-refractivity contribution in [3.8, 4) is 0 Å². The van der Waals surface area contributed by atoms with Gasteiger partial charge in [0.05, 0.1) is 5.92 Å². The summed E-state index contributed by atoms with van der Waals surface area (Å²) in [4.78, 5) is 28.9. The maximum absolute atomic E-state index is 14.4. The average molecular weight is 419 g/mol. The normalized spacial score (nSPS) is 34.4. The first kappa shape index (κ1) is 20.3. The third-order valence-electron chi connectivity index (χ3n) is 7.66. The van der Waals surface area contributed by atoms with Crippen molar-refractivity contribution < 1.29 is 14.3 Å². The number of cyclic esters (lactones) is 1. The SMILES string of the molecule is C[C@H]1OC(=O)[C@H]2CC3C[C@H](N)CC[C@H]3[C@H](C(=O)N(c3ccccc3)c3ccccc3)[C@@H]21. The van der Waals surface area contributed by atoms with Gasteiger partial charge in [-0.1, -0.05) is 36.4 Å². The number of carbonyl (C=O) groups is 2. The summed E-state index contributed by atoms with van der Waals surface area (Å²) in [7, 11) is 0. The highest BCUT2D eigenvalue weighted by Crippen LogP contribution is 2.54. The van der Waals surface area contributed by atoms with Crippen LogP contribution in [-0.4, -0.2) is 24.0 Å². The van der Waals surface area contributed by atoms with E-state index >= 15 is 0 Å². The molecule has 1 aliphatic heterocycles. The molecule has 0 spiro atoms. The molecule has 0 bridgehead atoms. The lowest BCUT2D eigenvalue weighted by atomic mass is 9.56. The van der Waals surface area contributed by atoms with Crippen LogP contribution in [0.15, 0.2) is 60.7 Å². The van der Waals surface area contributed by atoms with Gasteiger partial charge < -0.3 is 10.5 Å². The lowest BCUT2D eigenvalue weighted by molar-refractivity contribution is -0.144. The summed E-state index contributed by atoms with van der Waals surface area (Å²) in [6.07, 6.45) is 3.31. The minimum atomic E-state index is -0.252. The molecule has 5 rings (SSSR count). The van der Waals surface area contributed by atoms with Crippen LogP contribution in [0, 0.1) is 29.6 Å². The molecule has 1 amide bonds. The smallest absolute Gasteiger partial charge is 0.309 e. The monoisotopic (exact) mass is 418 g/mol. The predicted octanol–water partition coefficient (Wildman–Crippen LogP) is 4.29. The van der Waals surface area contributed by atoms with Crippen molar-refractivity contribution in [2.24, 2.45) is 35.3 Å². The molecular weight excluding hydrogens is 388 g/mol. The van der Waals surface area contributed by atoms with Crippen molar-refractivity contribution in [3.05, 3.63) is 60.7 Å². The molecule has 2 aromatic rings. The molecule has 0 radical (unpaired) electrons. The van der Waals surface area contributed by atoms with Crippen LogP contribution in [0.1, 0.15) is 32.6 Å². The number of hydrogen-bond donors (Lipinski definition) is 1. The van der Waals surface area contributed by atoms with Crippen LogP contribution in [0.3, 0.4) is 0 Å². The standard InChI is InChI=1S/C26H30N2O3/c1-16-23-22(26(30)31-16)15-17-14-18(27)12-13-21(17)24(23)25(29)28(19-8-4-2-5-9-19)20-10-6-3-7-11-20/h2-11,16-18,21-24H,12-15,27H2,1H3/t16-,17?,18-,21-,22+,23-,24+/m1/s1. The van der Waals surface area contributed by atoms with Gasteiger partial charge >= 0.3 is 5.97 Å². The van der Waals surface area contributed by atoms with Gasteiger partial charge in [-0.05, 0) is 68.7 Å². The highest BCUT2D eigenvalue weighted by atomic mass is 16.6. The Bertz CT molecular complexity index is 908. The Morgan fingerprint density at radius 2 is 1.58 bits per heavy atom. The molecule has 7 atom stereocenters. The van der Waals surface area contributed by atoms with E-state index in [0.717, 1.165) is 37.1 Å². The maximum atomic E-state index is 14.4. The molecule has 1 unspecified atom stereocenters. The largest absolute Gasteiger partial charge is 0.462 e. The zero-order chi connectivity index (χ0) is 21.5. The first-order valence-corrected chi connectivity index (χ1v) is 11.4. The van der Waals surface area contributed by atoms with E-state index in [1.54, 1.807) is 0 Å². The van der Waals surface area contributed by atoms with Crippen LogP contribution >= 0.6 is 0 Å². The molecule has 0 aromatic heterocycles. The molecule has 2 N–H and O–H groups in total.